The van der Waals surface area contributed by atoms with Gasteiger partial charge in [-0.25, -0.2) is 9.78 Å². The second-order valence-electron chi connectivity index (χ2n) is 4.77. The summed E-state index contributed by atoms with van der Waals surface area (Å²) in [5.41, 5.74) is 0.660. The summed E-state index contributed by atoms with van der Waals surface area (Å²) in [5.74, 6) is -1.18. The Morgan fingerprint density at radius 1 is 1.43 bits per heavy atom. The average Bonchev–Trinajstić information content (AvgIpc) is 3.16. The highest BCUT2D eigenvalue weighted by atomic mass is 79.9. The highest BCUT2D eigenvalue weighted by molar-refractivity contribution is 9.10. The molecule has 1 fully saturated rings. The molecule has 1 aromatic heterocycles. The van der Waals surface area contributed by atoms with Crippen molar-refractivity contribution in [3.63, 3.8) is 0 Å². The summed E-state index contributed by atoms with van der Waals surface area (Å²) >= 11 is 3.18. The van der Waals surface area contributed by atoms with E-state index in [1.807, 2.05) is 0 Å². The van der Waals surface area contributed by atoms with Crippen LogP contribution in [0.25, 0.3) is 11.5 Å². The molecular weight excluding hydrogens is 344 g/mol. The lowest BCUT2D eigenvalue weighted by molar-refractivity contribution is -0.384. The lowest BCUT2D eigenvalue weighted by atomic mass is 10.2. The van der Waals surface area contributed by atoms with Crippen molar-refractivity contribution in [3.8, 4) is 11.5 Å². The van der Waals surface area contributed by atoms with E-state index in [-0.39, 0.29) is 23.3 Å². The van der Waals surface area contributed by atoms with Crippen LogP contribution < -0.4 is 0 Å². The number of nitrogens with zero attached hydrogens (tertiary/aromatic N) is 2. The first-order valence-corrected chi connectivity index (χ1v) is 6.94. The van der Waals surface area contributed by atoms with Gasteiger partial charge >= 0.3 is 5.97 Å². The number of aromatic carboxylic acids is 1. The van der Waals surface area contributed by atoms with Gasteiger partial charge < -0.3 is 9.52 Å². The monoisotopic (exact) mass is 352 g/mol. The zero-order chi connectivity index (χ0) is 15.1. The molecule has 3 rings (SSSR count). The minimum Gasteiger partial charge on any atom is -0.475 e. The van der Waals surface area contributed by atoms with Crippen molar-refractivity contribution in [2.45, 2.75) is 18.8 Å². The lowest BCUT2D eigenvalue weighted by Crippen LogP contribution is -1.98. The summed E-state index contributed by atoms with van der Waals surface area (Å²) < 4.78 is 5.79. The van der Waals surface area contributed by atoms with Gasteiger partial charge in [-0.3, -0.25) is 10.1 Å². The first-order valence-electron chi connectivity index (χ1n) is 6.15. The first-order chi connectivity index (χ1) is 9.95. The number of non-ortho nitro benzene ring substituents is 1. The topological polar surface area (TPSA) is 106 Å². The van der Waals surface area contributed by atoms with Crippen molar-refractivity contribution in [2.24, 2.45) is 0 Å². The standard InChI is InChI=1S/C13H9BrN2O5/c14-8-3-7(4-9(5-8)16(19)20)12-15-10(6-1-2-6)11(21-12)13(17)18/h3-6H,1-2H2,(H,17,18). The van der Waals surface area contributed by atoms with Crippen LogP contribution in [0.2, 0.25) is 0 Å². The average molecular weight is 353 g/mol. The van der Waals surface area contributed by atoms with Crippen LogP contribution in [0.5, 0.6) is 0 Å². The molecule has 1 aromatic carbocycles. The summed E-state index contributed by atoms with van der Waals surface area (Å²) in [5, 5.41) is 20.0. The van der Waals surface area contributed by atoms with E-state index in [2.05, 4.69) is 20.9 Å². The number of aromatic nitrogens is 1. The Bertz CT molecular complexity index is 751. The molecule has 0 bridgehead atoms. The zero-order valence-corrected chi connectivity index (χ0v) is 12.2. The maximum atomic E-state index is 11.2. The van der Waals surface area contributed by atoms with Crippen LogP contribution in [0.3, 0.4) is 0 Å². The number of nitro benzene ring substituents is 1. The Morgan fingerprint density at radius 3 is 2.71 bits per heavy atom. The number of hydrogen-bond donors (Lipinski definition) is 1. The second kappa shape index (κ2) is 4.96. The van der Waals surface area contributed by atoms with E-state index in [4.69, 9.17) is 9.52 Å². The minimum atomic E-state index is -1.18. The third-order valence-electron chi connectivity index (χ3n) is 3.15. The van der Waals surface area contributed by atoms with Gasteiger partial charge in [0.15, 0.2) is 0 Å². The van der Waals surface area contributed by atoms with Gasteiger partial charge in [0.2, 0.25) is 11.7 Å². The largest absolute Gasteiger partial charge is 0.475 e. The number of carboxylic acid groups (broad SMARTS) is 1. The maximum absolute atomic E-state index is 11.2. The molecule has 1 saturated carbocycles. The number of carboxylic acids is 1. The normalized spacial score (nSPS) is 14.1. The van der Waals surface area contributed by atoms with Gasteiger partial charge in [-0.05, 0) is 18.9 Å². The second-order valence-corrected chi connectivity index (χ2v) is 5.68. The lowest BCUT2D eigenvalue weighted by Gasteiger charge is -1.98. The van der Waals surface area contributed by atoms with Crippen LogP contribution >= 0.6 is 15.9 Å². The Labute approximate surface area is 126 Å². The van der Waals surface area contributed by atoms with Gasteiger partial charge in [0.25, 0.3) is 5.69 Å². The molecule has 1 N–H and O–H groups in total. The first kappa shape index (κ1) is 13.7. The quantitative estimate of drug-likeness (QED) is 0.665. The number of nitro groups is 1. The van der Waals surface area contributed by atoms with Crippen molar-refractivity contribution in [1.29, 1.82) is 0 Å². The van der Waals surface area contributed by atoms with Gasteiger partial charge in [-0.1, -0.05) is 15.9 Å². The molecule has 0 radical (unpaired) electrons. The van der Waals surface area contributed by atoms with Crippen molar-refractivity contribution in [3.05, 3.63) is 44.2 Å². The molecule has 0 atom stereocenters. The van der Waals surface area contributed by atoms with Crippen LogP contribution in [-0.2, 0) is 0 Å². The molecular formula is C13H9BrN2O5. The number of hydrogen-bond acceptors (Lipinski definition) is 5. The van der Waals surface area contributed by atoms with E-state index in [9.17, 15) is 14.9 Å². The Balaban J connectivity index is 2.10. The Hall–Kier alpha value is -2.22. The van der Waals surface area contributed by atoms with Gasteiger partial charge in [-0.15, -0.1) is 0 Å². The Kier molecular flexibility index (Phi) is 3.25. The van der Waals surface area contributed by atoms with Crippen molar-refractivity contribution in [2.75, 3.05) is 0 Å². The highest BCUT2D eigenvalue weighted by Crippen LogP contribution is 2.42. The molecule has 1 aliphatic carbocycles. The van der Waals surface area contributed by atoms with Gasteiger partial charge in [-0.2, -0.15) is 0 Å². The smallest absolute Gasteiger partial charge is 0.373 e. The van der Waals surface area contributed by atoms with Crippen LogP contribution in [0.4, 0.5) is 5.69 Å². The van der Waals surface area contributed by atoms with Gasteiger partial charge in [0.1, 0.15) is 0 Å². The molecule has 0 unspecified atom stereocenters. The Morgan fingerprint density at radius 2 is 2.14 bits per heavy atom. The summed E-state index contributed by atoms with van der Waals surface area (Å²) in [7, 11) is 0. The number of benzene rings is 1. The zero-order valence-electron chi connectivity index (χ0n) is 10.6. The van der Waals surface area contributed by atoms with Crippen LogP contribution in [0, 0.1) is 10.1 Å². The highest BCUT2D eigenvalue weighted by Gasteiger charge is 2.33. The van der Waals surface area contributed by atoms with E-state index >= 15 is 0 Å². The fourth-order valence-corrected chi connectivity index (χ4v) is 2.53. The SMILES string of the molecule is O=C(O)c1oc(-c2cc(Br)cc([N+](=O)[O-])c2)nc1C1CC1. The summed E-state index contributed by atoms with van der Waals surface area (Å²) in [6.45, 7) is 0. The van der Waals surface area contributed by atoms with E-state index in [0.717, 1.165) is 12.8 Å². The fourth-order valence-electron chi connectivity index (χ4n) is 2.05. The van der Waals surface area contributed by atoms with E-state index in [0.29, 0.717) is 15.7 Å². The molecule has 0 saturated heterocycles. The number of oxazole rings is 1. The summed E-state index contributed by atoms with van der Waals surface area (Å²) in [4.78, 5) is 25.7. The van der Waals surface area contributed by atoms with E-state index < -0.39 is 10.9 Å². The molecule has 1 aliphatic rings. The molecule has 2 aromatic rings. The molecule has 21 heavy (non-hydrogen) atoms. The third kappa shape index (κ3) is 2.66. The molecule has 0 aliphatic heterocycles. The maximum Gasteiger partial charge on any atom is 0.373 e. The third-order valence-corrected chi connectivity index (χ3v) is 3.61. The predicted octanol–water partition coefficient (Wildman–Crippen LogP) is 3.59. The van der Waals surface area contributed by atoms with Crippen LogP contribution in [-0.4, -0.2) is 21.0 Å². The molecule has 0 amide bonds. The van der Waals surface area contributed by atoms with Crippen molar-refractivity contribution < 1.29 is 19.2 Å². The molecule has 108 valence electrons. The summed E-state index contributed by atoms with van der Waals surface area (Å²) in [6.07, 6.45) is 1.76. The van der Waals surface area contributed by atoms with E-state index in [1.165, 1.54) is 12.1 Å². The van der Waals surface area contributed by atoms with Crippen molar-refractivity contribution >= 4 is 27.6 Å². The number of halogens is 1. The molecule has 7 nitrogen and oxygen atoms in total. The van der Waals surface area contributed by atoms with Crippen LogP contribution in [0.15, 0.2) is 27.1 Å². The fraction of sp³-hybridized carbons (Fsp3) is 0.231. The molecule has 0 spiro atoms. The predicted molar refractivity (Wildman–Crippen MR) is 75.2 cm³/mol. The minimum absolute atomic E-state index is 0.0821. The molecule has 1 heterocycles. The van der Waals surface area contributed by atoms with Gasteiger partial charge in [0, 0.05) is 28.1 Å². The van der Waals surface area contributed by atoms with Crippen LogP contribution in [0.1, 0.15) is 35.0 Å². The molecule has 8 heteroatoms. The summed E-state index contributed by atoms with van der Waals surface area (Å²) in [6, 6.07) is 4.26. The van der Waals surface area contributed by atoms with E-state index in [1.54, 1.807) is 6.07 Å². The number of rotatable bonds is 4. The van der Waals surface area contributed by atoms with Crippen molar-refractivity contribution in [1.82, 2.24) is 4.98 Å². The number of carbonyl (C=O) groups is 1. The van der Waals surface area contributed by atoms with Gasteiger partial charge in [0.05, 0.1) is 10.6 Å².